The van der Waals surface area contributed by atoms with Crippen LogP contribution in [0.1, 0.15) is 49.8 Å². The van der Waals surface area contributed by atoms with Crippen molar-refractivity contribution in [2.45, 2.75) is 57.3 Å². The molecule has 0 radical (unpaired) electrons. The number of methoxy groups -OCH3 is 1. The maximum absolute atomic E-state index is 6.06. The summed E-state index contributed by atoms with van der Waals surface area (Å²) in [7, 11) is 1.72. The van der Waals surface area contributed by atoms with Crippen molar-refractivity contribution in [2.75, 3.05) is 20.3 Å². The Morgan fingerprint density at radius 3 is 2.24 bits per heavy atom. The highest BCUT2D eigenvalue weighted by atomic mass is 16.5. The maximum Gasteiger partial charge on any atom is 0.119 e. The highest BCUT2D eigenvalue weighted by Gasteiger charge is 2.41. The van der Waals surface area contributed by atoms with Crippen LogP contribution >= 0.6 is 0 Å². The zero-order chi connectivity index (χ0) is 23.9. The fourth-order valence-electron chi connectivity index (χ4n) is 5.03. The number of nitrogens with one attached hydrogen (secondary N) is 1. The van der Waals surface area contributed by atoms with Crippen LogP contribution in [0.5, 0.6) is 11.5 Å². The van der Waals surface area contributed by atoms with Gasteiger partial charge in [-0.25, -0.2) is 0 Å². The van der Waals surface area contributed by atoms with Crippen molar-refractivity contribution >= 4 is 0 Å². The van der Waals surface area contributed by atoms with Gasteiger partial charge in [-0.2, -0.15) is 0 Å². The number of benzene rings is 3. The normalized spacial score (nSPS) is 19.5. The molecular formula is C30H37NO3. The first-order valence-electron chi connectivity index (χ1n) is 12.2. The van der Waals surface area contributed by atoms with Gasteiger partial charge in [0.25, 0.3) is 0 Å². The Balaban J connectivity index is 1.32. The molecule has 0 saturated carbocycles. The van der Waals surface area contributed by atoms with Crippen LogP contribution in [-0.4, -0.2) is 25.9 Å². The molecule has 0 aliphatic carbocycles. The second-order valence-corrected chi connectivity index (χ2v) is 9.89. The van der Waals surface area contributed by atoms with Crippen molar-refractivity contribution < 1.29 is 14.2 Å². The quantitative estimate of drug-likeness (QED) is 0.362. The molecule has 0 aromatic heterocycles. The van der Waals surface area contributed by atoms with Crippen molar-refractivity contribution in [2.24, 2.45) is 0 Å². The van der Waals surface area contributed by atoms with E-state index in [9.17, 15) is 0 Å². The largest absolute Gasteiger partial charge is 0.497 e. The third kappa shape index (κ3) is 6.40. The van der Waals surface area contributed by atoms with Crippen LogP contribution in [-0.2, 0) is 23.3 Å². The van der Waals surface area contributed by atoms with Gasteiger partial charge < -0.3 is 19.5 Å². The molecule has 1 fully saturated rings. The molecular weight excluding hydrogens is 422 g/mol. The highest BCUT2D eigenvalue weighted by Crippen LogP contribution is 2.44. The Morgan fingerprint density at radius 2 is 1.56 bits per heavy atom. The summed E-state index contributed by atoms with van der Waals surface area (Å²) in [6.07, 6.45) is 3.13. The highest BCUT2D eigenvalue weighted by molar-refractivity contribution is 5.33. The van der Waals surface area contributed by atoms with Crippen molar-refractivity contribution in [3.8, 4) is 11.5 Å². The Kier molecular flexibility index (Phi) is 7.91. The Labute approximate surface area is 204 Å². The molecule has 4 rings (SSSR count). The van der Waals surface area contributed by atoms with Gasteiger partial charge in [-0.05, 0) is 80.6 Å². The van der Waals surface area contributed by atoms with E-state index in [0.29, 0.717) is 6.61 Å². The lowest BCUT2D eigenvalue weighted by Crippen LogP contribution is -2.45. The van der Waals surface area contributed by atoms with Crippen molar-refractivity contribution in [3.05, 3.63) is 95.6 Å². The molecule has 3 aromatic carbocycles. The average molecular weight is 460 g/mol. The lowest BCUT2D eigenvalue weighted by atomic mass is 9.67. The lowest BCUT2D eigenvalue weighted by Gasteiger charge is -2.45. The fourth-order valence-corrected chi connectivity index (χ4v) is 5.03. The Hall–Kier alpha value is -2.82. The summed E-state index contributed by atoms with van der Waals surface area (Å²) in [5.41, 5.74) is 3.81. The Morgan fingerprint density at radius 1 is 0.853 bits per heavy atom. The van der Waals surface area contributed by atoms with Gasteiger partial charge in [-0.1, -0.05) is 54.6 Å². The number of hydrogen-bond acceptors (Lipinski definition) is 4. The molecule has 0 bridgehead atoms. The van der Waals surface area contributed by atoms with E-state index in [1.807, 2.05) is 18.2 Å². The van der Waals surface area contributed by atoms with E-state index in [1.54, 1.807) is 7.11 Å². The molecule has 0 amide bonds. The van der Waals surface area contributed by atoms with Gasteiger partial charge in [0.15, 0.2) is 0 Å². The maximum atomic E-state index is 6.06. The van der Waals surface area contributed by atoms with Crippen molar-refractivity contribution in [1.82, 2.24) is 5.32 Å². The first-order valence-corrected chi connectivity index (χ1v) is 12.2. The van der Waals surface area contributed by atoms with Crippen LogP contribution in [0.3, 0.4) is 0 Å². The minimum Gasteiger partial charge on any atom is -0.497 e. The molecule has 1 N–H and O–H groups in total. The van der Waals surface area contributed by atoms with Gasteiger partial charge in [-0.3, -0.25) is 0 Å². The second kappa shape index (κ2) is 11.1. The predicted octanol–water partition coefficient (Wildman–Crippen LogP) is 6.28. The van der Waals surface area contributed by atoms with Crippen LogP contribution in [0.25, 0.3) is 0 Å². The lowest BCUT2D eigenvalue weighted by molar-refractivity contribution is -0.0840. The molecule has 1 atom stereocenters. The van der Waals surface area contributed by atoms with E-state index in [-0.39, 0.29) is 11.0 Å². The van der Waals surface area contributed by atoms with Gasteiger partial charge in [0.2, 0.25) is 0 Å². The SMILES string of the molecule is COc1ccc([C@]2(CCNCc3ccc(OCc4ccccc4)cc3)CCOC(C)(C)C2)cc1. The van der Waals surface area contributed by atoms with E-state index >= 15 is 0 Å². The van der Waals surface area contributed by atoms with E-state index in [4.69, 9.17) is 14.2 Å². The summed E-state index contributed by atoms with van der Waals surface area (Å²) in [5, 5.41) is 3.66. The summed E-state index contributed by atoms with van der Waals surface area (Å²) < 4.78 is 17.4. The third-order valence-corrected chi connectivity index (χ3v) is 6.82. The van der Waals surface area contributed by atoms with E-state index in [0.717, 1.165) is 50.5 Å². The van der Waals surface area contributed by atoms with Crippen LogP contribution in [0.15, 0.2) is 78.9 Å². The first kappa shape index (κ1) is 24.3. The monoisotopic (exact) mass is 459 g/mol. The predicted molar refractivity (Wildman–Crippen MR) is 137 cm³/mol. The molecule has 3 aromatic rings. The minimum absolute atomic E-state index is 0.107. The molecule has 0 unspecified atom stereocenters. The van der Waals surface area contributed by atoms with Gasteiger partial charge in [0, 0.05) is 18.6 Å². The molecule has 1 aliphatic heterocycles. The van der Waals surface area contributed by atoms with Crippen LogP contribution in [0.4, 0.5) is 0 Å². The van der Waals surface area contributed by atoms with Crippen LogP contribution < -0.4 is 14.8 Å². The summed E-state index contributed by atoms with van der Waals surface area (Å²) >= 11 is 0. The molecule has 1 saturated heterocycles. The van der Waals surface area contributed by atoms with Gasteiger partial charge >= 0.3 is 0 Å². The molecule has 0 spiro atoms. The molecule has 1 aliphatic rings. The summed E-state index contributed by atoms with van der Waals surface area (Å²) in [6.45, 7) is 7.60. The van der Waals surface area contributed by atoms with Gasteiger partial charge in [0.1, 0.15) is 18.1 Å². The summed E-state index contributed by atoms with van der Waals surface area (Å²) in [5.74, 6) is 1.80. The number of rotatable bonds is 10. The van der Waals surface area contributed by atoms with Crippen molar-refractivity contribution in [1.29, 1.82) is 0 Å². The third-order valence-electron chi connectivity index (χ3n) is 6.82. The minimum atomic E-state index is -0.117. The smallest absolute Gasteiger partial charge is 0.119 e. The van der Waals surface area contributed by atoms with E-state index in [1.165, 1.54) is 16.7 Å². The van der Waals surface area contributed by atoms with E-state index in [2.05, 4.69) is 79.8 Å². The number of hydrogen-bond donors (Lipinski definition) is 1. The summed E-state index contributed by atoms with van der Waals surface area (Å²) in [6, 6.07) is 27.3. The zero-order valence-electron chi connectivity index (χ0n) is 20.7. The van der Waals surface area contributed by atoms with Crippen molar-refractivity contribution in [3.63, 3.8) is 0 Å². The van der Waals surface area contributed by atoms with Crippen LogP contribution in [0, 0.1) is 0 Å². The molecule has 34 heavy (non-hydrogen) atoms. The molecule has 1 heterocycles. The molecule has 4 heteroatoms. The van der Waals surface area contributed by atoms with Gasteiger partial charge in [-0.15, -0.1) is 0 Å². The fraction of sp³-hybridized carbons (Fsp3) is 0.400. The molecule has 180 valence electrons. The van der Waals surface area contributed by atoms with Gasteiger partial charge in [0.05, 0.1) is 12.7 Å². The van der Waals surface area contributed by atoms with E-state index < -0.39 is 0 Å². The molecule has 4 nitrogen and oxygen atoms in total. The standard InChI is InChI=1S/C30H37NO3/c1-29(2)23-30(18-20-34-29,26-11-15-27(32-3)16-12-26)17-19-31-21-24-9-13-28(14-10-24)33-22-25-7-5-4-6-8-25/h4-16,31H,17-23H2,1-3H3/t30-/m1/s1. The topological polar surface area (TPSA) is 39.7 Å². The Bertz CT molecular complexity index is 1020. The average Bonchev–Trinajstić information content (AvgIpc) is 2.86. The first-order chi connectivity index (χ1) is 16.5. The second-order valence-electron chi connectivity index (χ2n) is 9.89. The zero-order valence-corrected chi connectivity index (χ0v) is 20.7. The summed E-state index contributed by atoms with van der Waals surface area (Å²) in [4.78, 5) is 0. The number of ether oxygens (including phenoxy) is 3. The van der Waals surface area contributed by atoms with Crippen LogP contribution in [0.2, 0.25) is 0 Å².